The van der Waals surface area contributed by atoms with Crippen LogP contribution < -0.4 is 9.64 Å². The van der Waals surface area contributed by atoms with Crippen LogP contribution in [-0.2, 0) is 26.0 Å². The molecule has 10 nitrogen and oxygen atoms in total. The van der Waals surface area contributed by atoms with Crippen molar-refractivity contribution in [2.75, 3.05) is 26.2 Å². The number of hydrogen-bond acceptors (Lipinski definition) is 8. The van der Waals surface area contributed by atoms with E-state index in [9.17, 15) is 22.0 Å². The Balaban J connectivity index is 2.18. The SMILES string of the molecule is C=NC(OC)=C(C=C(C)N1C(=O)N(Cc2c(F)cc(OC)cc2F)c2ncccc2S1(=O)=O)OC. The number of urea groups is 1. The molecule has 1 aliphatic rings. The molecule has 0 saturated carbocycles. The van der Waals surface area contributed by atoms with Gasteiger partial charge in [0.15, 0.2) is 11.6 Å². The minimum atomic E-state index is -4.44. The molecule has 0 unspecified atom stereocenters. The monoisotopic (exact) mass is 508 g/mol. The van der Waals surface area contributed by atoms with Gasteiger partial charge in [-0.1, -0.05) is 0 Å². The van der Waals surface area contributed by atoms with Gasteiger partial charge in [0, 0.05) is 35.7 Å². The van der Waals surface area contributed by atoms with Crippen molar-refractivity contribution >= 4 is 28.6 Å². The number of fused-ring (bicyclic) bond motifs is 1. The lowest BCUT2D eigenvalue weighted by Gasteiger charge is -2.35. The number of aliphatic imine (C=N–C) groups is 1. The number of ether oxygens (including phenoxy) is 3. The molecular weight excluding hydrogens is 486 g/mol. The molecule has 2 aromatic rings. The number of carbonyl (C=O) groups excluding carboxylic acids is 1. The van der Waals surface area contributed by atoms with Crippen molar-refractivity contribution in [2.45, 2.75) is 18.4 Å². The molecule has 0 bridgehead atoms. The van der Waals surface area contributed by atoms with Gasteiger partial charge in [0.25, 0.3) is 15.9 Å². The summed E-state index contributed by atoms with van der Waals surface area (Å²) in [5.74, 6) is -2.37. The van der Waals surface area contributed by atoms with E-state index in [1.165, 1.54) is 52.7 Å². The first kappa shape index (κ1) is 25.6. The summed E-state index contributed by atoms with van der Waals surface area (Å²) in [5, 5.41) is 0. The molecule has 1 aromatic heterocycles. The maximum Gasteiger partial charge on any atom is 0.344 e. The summed E-state index contributed by atoms with van der Waals surface area (Å²) in [6, 6.07) is 3.39. The number of benzene rings is 1. The molecule has 0 saturated heterocycles. The lowest BCUT2D eigenvalue weighted by molar-refractivity contribution is 0.226. The molecular formula is C22H22F2N4O6S. The van der Waals surface area contributed by atoms with Crippen LogP contribution in [-0.4, -0.2) is 51.8 Å². The molecule has 2 heterocycles. The molecule has 0 spiro atoms. The minimum absolute atomic E-state index is 0.0150. The van der Waals surface area contributed by atoms with Crippen LogP contribution in [0.2, 0.25) is 0 Å². The summed E-state index contributed by atoms with van der Waals surface area (Å²) < 4.78 is 71.6. The molecule has 186 valence electrons. The Labute approximate surface area is 200 Å². The second kappa shape index (κ2) is 10.1. The van der Waals surface area contributed by atoms with Gasteiger partial charge in [-0.2, -0.15) is 4.31 Å². The predicted octanol–water partition coefficient (Wildman–Crippen LogP) is 3.57. The van der Waals surface area contributed by atoms with Crippen molar-refractivity contribution in [3.63, 3.8) is 0 Å². The van der Waals surface area contributed by atoms with Crippen molar-refractivity contribution in [2.24, 2.45) is 4.99 Å². The van der Waals surface area contributed by atoms with E-state index in [1.807, 2.05) is 0 Å². The average Bonchev–Trinajstić information content (AvgIpc) is 2.82. The second-order valence-electron chi connectivity index (χ2n) is 7.05. The number of rotatable bonds is 8. The van der Waals surface area contributed by atoms with Crippen LogP contribution >= 0.6 is 0 Å². The Bertz CT molecular complexity index is 1320. The number of hydrogen-bond donors (Lipinski definition) is 0. The Hall–Kier alpha value is -4.00. The number of anilines is 1. The zero-order valence-electron chi connectivity index (χ0n) is 19.3. The highest BCUT2D eigenvalue weighted by molar-refractivity contribution is 7.90. The van der Waals surface area contributed by atoms with Gasteiger partial charge in [0.1, 0.15) is 22.3 Å². The average molecular weight is 509 g/mol. The van der Waals surface area contributed by atoms with E-state index in [0.29, 0.717) is 4.31 Å². The van der Waals surface area contributed by atoms with Gasteiger partial charge < -0.3 is 14.2 Å². The molecule has 0 atom stereocenters. The molecule has 0 N–H and O–H groups in total. The smallest absolute Gasteiger partial charge is 0.344 e. The van der Waals surface area contributed by atoms with Crippen LogP contribution in [0.1, 0.15) is 12.5 Å². The predicted molar refractivity (Wildman–Crippen MR) is 122 cm³/mol. The van der Waals surface area contributed by atoms with Crippen molar-refractivity contribution in [3.8, 4) is 5.75 Å². The summed E-state index contributed by atoms with van der Waals surface area (Å²) in [5.41, 5.74) is -0.591. The highest BCUT2D eigenvalue weighted by atomic mass is 32.2. The molecule has 13 heteroatoms. The maximum absolute atomic E-state index is 14.7. The van der Waals surface area contributed by atoms with Crippen LogP contribution in [0.25, 0.3) is 0 Å². The lowest BCUT2D eigenvalue weighted by atomic mass is 10.1. The summed E-state index contributed by atoms with van der Waals surface area (Å²) in [4.78, 5) is 21.6. The van der Waals surface area contributed by atoms with Gasteiger partial charge in [0.2, 0.25) is 0 Å². The van der Waals surface area contributed by atoms with E-state index >= 15 is 0 Å². The van der Waals surface area contributed by atoms with Crippen molar-refractivity contribution in [1.82, 2.24) is 9.29 Å². The second-order valence-corrected chi connectivity index (χ2v) is 8.81. The first-order valence-electron chi connectivity index (χ1n) is 9.91. The molecule has 3 rings (SSSR count). The maximum atomic E-state index is 14.7. The summed E-state index contributed by atoms with van der Waals surface area (Å²) in [6.45, 7) is 4.03. The number of carbonyl (C=O) groups is 1. The van der Waals surface area contributed by atoms with Crippen molar-refractivity contribution < 1.29 is 36.2 Å². The number of aromatic nitrogens is 1. The number of allylic oxidation sites excluding steroid dienone is 2. The van der Waals surface area contributed by atoms with Crippen molar-refractivity contribution in [1.29, 1.82) is 0 Å². The Morgan fingerprint density at radius 2 is 1.86 bits per heavy atom. The van der Waals surface area contributed by atoms with E-state index in [0.717, 1.165) is 17.0 Å². The fraction of sp³-hybridized carbons (Fsp3) is 0.227. The van der Waals surface area contributed by atoms with Crippen molar-refractivity contribution in [3.05, 3.63) is 71.1 Å². The zero-order valence-corrected chi connectivity index (χ0v) is 20.1. The van der Waals surface area contributed by atoms with E-state index in [4.69, 9.17) is 14.2 Å². The van der Waals surface area contributed by atoms with Crippen LogP contribution in [0.15, 0.2) is 63.8 Å². The Kier molecular flexibility index (Phi) is 7.39. The van der Waals surface area contributed by atoms with E-state index in [-0.39, 0.29) is 33.8 Å². The quantitative estimate of drug-likeness (QED) is 0.305. The fourth-order valence-corrected chi connectivity index (χ4v) is 4.95. The van der Waals surface area contributed by atoms with Crippen LogP contribution in [0.4, 0.5) is 19.4 Å². The first-order chi connectivity index (χ1) is 16.6. The number of pyridine rings is 1. The van der Waals surface area contributed by atoms with Gasteiger partial charge in [-0.05, 0) is 25.8 Å². The third kappa shape index (κ3) is 4.67. The number of amides is 2. The summed E-state index contributed by atoms with van der Waals surface area (Å²) in [6.07, 6.45) is 2.47. The molecule has 1 aliphatic heterocycles. The third-order valence-electron chi connectivity index (χ3n) is 5.02. The highest BCUT2D eigenvalue weighted by Crippen LogP contribution is 2.36. The Morgan fingerprint density at radius 1 is 1.20 bits per heavy atom. The normalized spacial score (nSPS) is 15.8. The zero-order chi connectivity index (χ0) is 25.9. The van der Waals surface area contributed by atoms with Gasteiger partial charge >= 0.3 is 6.03 Å². The minimum Gasteiger partial charge on any atom is -0.497 e. The van der Waals surface area contributed by atoms with Crippen LogP contribution in [0.3, 0.4) is 0 Å². The van der Waals surface area contributed by atoms with Crippen LogP contribution in [0.5, 0.6) is 5.75 Å². The number of methoxy groups -OCH3 is 3. The van der Waals surface area contributed by atoms with E-state index in [2.05, 4.69) is 16.7 Å². The molecule has 0 radical (unpaired) electrons. The standard InChI is InChI=1S/C22H22F2N4O6S/c1-13(9-18(33-4)21(25-2)34-5)28-22(29)27(20-19(35(28,30)31)7-6-8-26-20)12-15-16(23)10-14(32-3)11-17(15)24/h6-11H,2,12H2,1,3-5H3. The van der Waals surface area contributed by atoms with E-state index < -0.39 is 39.8 Å². The summed E-state index contributed by atoms with van der Waals surface area (Å²) in [7, 11) is -0.602. The summed E-state index contributed by atoms with van der Waals surface area (Å²) >= 11 is 0. The molecule has 2 amide bonds. The van der Waals surface area contributed by atoms with Gasteiger partial charge in [-0.15, -0.1) is 0 Å². The molecule has 1 aromatic carbocycles. The lowest BCUT2D eigenvalue weighted by Crippen LogP contribution is -2.50. The number of sulfonamides is 1. The fourth-order valence-electron chi connectivity index (χ4n) is 3.38. The number of halogens is 2. The third-order valence-corrected chi connectivity index (χ3v) is 6.82. The molecule has 35 heavy (non-hydrogen) atoms. The first-order valence-corrected chi connectivity index (χ1v) is 11.4. The van der Waals surface area contributed by atoms with Gasteiger partial charge in [-0.3, -0.25) is 4.90 Å². The highest BCUT2D eigenvalue weighted by Gasteiger charge is 2.44. The van der Waals surface area contributed by atoms with Crippen LogP contribution in [0, 0.1) is 11.6 Å². The molecule has 0 aliphatic carbocycles. The topological polar surface area (TPSA) is 111 Å². The molecule has 0 fully saturated rings. The van der Waals surface area contributed by atoms with Gasteiger partial charge in [0.05, 0.1) is 27.9 Å². The van der Waals surface area contributed by atoms with Gasteiger partial charge in [-0.25, -0.2) is 32.0 Å². The largest absolute Gasteiger partial charge is 0.497 e. The number of nitrogens with zero attached hydrogens (tertiary/aromatic N) is 4. The van der Waals surface area contributed by atoms with E-state index in [1.54, 1.807) is 0 Å². The Morgan fingerprint density at radius 3 is 2.40 bits per heavy atom.